The molecule has 16 heavy (non-hydrogen) atoms. The van der Waals surface area contributed by atoms with E-state index >= 15 is 0 Å². The second kappa shape index (κ2) is 3.73. The number of carbonyl (C=O) groups is 1. The van der Waals surface area contributed by atoms with Gasteiger partial charge in [-0.1, -0.05) is 27.7 Å². The molecule has 1 rings (SSSR count). The number of amides is 1. The molecule has 0 heterocycles. The Morgan fingerprint density at radius 3 is 1.94 bits per heavy atom. The first-order valence-electron chi connectivity index (χ1n) is 5.92. The topological polar surface area (TPSA) is 38.3 Å². The van der Waals surface area contributed by atoms with E-state index in [1.54, 1.807) is 0 Å². The quantitative estimate of drug-likeness (QED) is 0.803. The third kappa shape index (κ3) is 2.57. The van der Waals surface area contributed by atoms with Crippen molar-refractivity contribution in [1.29, 1.82) is 0 Å². The van der Waals surface area contributed by atoms with E-state index in [1.807, 2.05) is 20.8 Å². The predicted molar refractivity (Wildman–Crippen MR) is 65.2 cm³/mol. The maximum Gasteiger partial charge on any atom is 0.246 e. The monoisotopic (exact) mass is 227 g/mol. The maximum atomic E-state index is 11.7. The van der Waals surface area contributed by atoms with Crippen LogP contribution < -0.4 is 5.32 Å². The van der Waals surface area contributed by atoms with Gasteiger partial charge in [-0.15, -0.1) is 0 Å². The molecule has 0 atom stereocenters. The van der Waals surface area contributed by atoms with Crippen molar-refractivity contribution in [2.45, 2.75) is 60.1 Å². The van der Waals surface area contributed by atoms with E-state index < -0.39 is 0 Å². The number of nitrogens with one attached hydrogen (secondary N) is 1. The molecule has 1 N–H and O–H groups in total. The third-order valence-corrected chi connectivity index (χ3v) is 3.96. The summed E-state index contributed by atoms with van der Waals surface area (Å²) in [5.41, 5.74) is 0.112. The minimum Gasteiger partial charge on any atom is -0.366 e. The van der Waals surface area contributed by atoms with E-state index in [-0.39, 0.29) is 35.0 Å². The Kier molecular flexibility index (Phi) is 3.14. The lowest BCUT2D eigenvalue weighted by atomic mass is 10.0. The second-order valence-corrected chi connectivity index (χ2v) is 6.84. The van der Waals surface area contributed by atoms with Crippen molar-refractivity contribution in [3.63, 3.8) is 0 Å². The van der Waals surface area contributed by atoms with Gasteiger partial charge in [0.15, 0.2) is 0 Å². The van der Waals surface area contributed by atoms with Crippen molar-refractivity contribution >= 4 is 5.91 Å². The van der Waals surface area contributed by atoms with E-state index in [1.165, 1.54) is 0 Å². The summed E-state index contributed by atoms with van der Waals surface area (Å²) in [4.78, 5) is 11.7. The summed E-state index contributed by atoms with van der Waals surface area (Å²) >= 11 is 0. The molecular formula is C13H25NO2. The van der Waals surface area contributed by atoms with Crippen LogP contribution in [-0.2, 0) is 9.53 Å². The van der Waals surface area contributed by atoms with Crippen LogP contribution >= 0.6 is 0 Å². The van der Waals surface area contributed by atoms with Crippen molar-refractivity contribution in [3.8, 4) is 0 Å². The standard InChI is InChI=1S/C13H25NO2/c1-11(2,3)16-8-9(15)14-10-12(4,5)13(10,6)7/h10H,8H2,1-7H3,(H,14,15). The van der Waals surface area contributed by atoms with E-state index in [0.29, 0.717) is 0 Å². The SMILES string of the molecule is CC(C)(C)OCC(=O)NC1C(C)(C)C1(C)C. The van der Waals surface area contributed by atoms with Gasteiger partial charge in [0.25, 0.3) is 0 Å². The van der Waals surface area contributed by atoms with Gasteiger partial charge in [-0.2, -0.15) is 0 Å². The predicted octanol–water partition coefficient (Wildman–Crippen LogP) is 2.35. The molecule has 0 aliphatic heterocycles. The molecule has 3 heteroatoms. The Labute approximate surface area is 98.9 Å². The van der Waals surface area contributed by atoms with E-state index in [4.69, 9.17) is 4.74 Å². The molecule has 0 spiro atoms. The maximum absolute atomic E-state index is 11.7. The Morgan fingerprint density at radius 2 is 1.62 bits per heavy atom. The number of hydrogen-bond acceptors (Lipinski definition) is 2. The molecule has 0 aromatic carbocycles. The average Bonchev–Trinajstić information content (AvgIpc) is 2.43. The molecule has 94 valence electrons. The van der Waals surface area contributed by atoms with Crippen LogP contribution in [0.2, 0.25) is 0 Å². The summed E-state index contributed by atoms with van der Waals surface area (Å²) in [6.07, 6.45) is 0. The highest BCUT2D eigenvalue weighted by Crippen LogP contribution is 2.62. The van der Waals surface area contributed by atoms with Crippen LogP contribution in [0.4, 0.5) is 0 Å². The normalized spacial score (nSPS) is 22.9. The largest absolute Gasteiger partial charge is 0.366 e. The first-order chi connectivity index (χ1) is 6.98. The molecule has 1 amide bonds. The van der Waals surface area contributed by atoms with Gasteiger partial charge in [0.1, 0.15) is 6.61 Å². The summed E-state index contributed by atoms with van der Waals surface area (Å²) in [5, 5.41) is 3.04. The molecule has 0 unspecified atom stereocenters. The highest BCUT2D eigenvalue weighted by molar-refractivity contribution is 5.78. The van der Waals surface area contributed by atoms with Gasteiger partial charge < -0.3 is 10.1 Å². The van der Waals surface area contributed by atoms with Gasteiger partial charge in [-0.05, 0) is 31.6 Å². The Bertz CT molecular complexity index is 273. The van der Waals surface area contributed by atoms with E-state index in [9.17, 15) is 4.79 Å². The molecule has 1 aliphatic rings. The number of ether oxygens (including phenoxy) is 1. The number of rotatable bonds is 3. The molecule has 0 saturated heterocycles. The molecule has 1 fully saturated rings. The van der Waals surface area contributed by atoms with Crippen LogP contribution in [-0.4, -0.2) is 24.2 Å². The summed E-state index contributed by atoms with van der Waals surface area (Å²) < 4.78 is 5.44. The van der Waals surface area contributed by atoms with Crippen LogP contribution in [0.25, 0.3) is 0 Å². The zero-order valence-electron chi connectivity index (χ0n) is 11.6. The van der Waals surface area contributed by atoms with Crippen molar-refractivity contribution in [2.75, 3.05) is 6.61 Å². The van der Waals surface area contributed by atoms with Crippen LogP contribution in [0.15, 0.2) is 0 Å². The average molecular weight is 227 g/mol. The zero-order chi connectivity index (χ0) is 12.8. The van der Waals surface area contributed by atoms with Crippen LogP contribution in [0.3, 0.4) is 0 Å². The fourth-order valence-corrected chi connectivity index (χ4v) is 2.04. The van der Waals surface area contributed by atoms with E-state index in [0.717, 1.165) is 0 Å². The first-order valence-corrected chi connectivity index (χ1v) is 5.92. The number of hydrogen-bond donors (Lipinski definition) is 1. The first kappa shape index (κ1) is 13.5. The van der Waals surface area contributed by atoms with E-state index in [2.05, 4.69) is 33.0 Å². The fourth-order valence-electron chi connectivity index (χ4n) is 2.04. The second-order valence-electron chi connectivity index (χ2n) is 6.84. The summed E-state index contributed by atoms with van der Waals surface area (Å²) in [6.45, 7) is 14.7. The fraction of sp³-hybridized carbons (Fsp3) is 0.923. The minimum atomic E-state index is -0.258. The Balaban J connectivity index is 2.38. The zero-order valence-corrected chi connectivity index (χ0v) is 11.6. The summed E-state index contributed by atoms with van der Waals surface area (Å²) in [5.74, 6) is -0.0152. The number of carbonyl (C=O) groups excluding carboxylic acids is 1. The minimum absolute atomic E-state index is 0.0152. The van der Waals surface area contributed by atoms with Gasteiger partial charge in [-0.25, -0.2) is 0 Å². The van der Waals surface area contributed by atoms with Crippen molar-refractivity contribution in [2.24, 2.45) is 10.8 Å². The van der Waals surface area contributed by atoms with Gasteiger partial charge in [-0.3, -0.25) is 4.79 Å². The van der Waals surface area contributed by atoms with Gasteiger partial charge in [0.05, 0.1) is 5.60 Å². The van der Waals surface area contributed by atoms with Crippen LogP contribution in [0, 0.1) is 10.8 Å². The van der Waals surface area contributed by atoms with Crippen LogP contribution in [0.5, 0.6) is 0 Å². The van der Waals surface area contributed by atoms with Crippen molar-refractivity contribution in [1.82, 2.24) is 5.32 Å². The van der Waals surface area contributed by atoms with Crippen molar-refractivity contribution < 1.29 is 9.53 Å². The molecule has 3 nitrogen and oxygen atoms in total. The molecular weight excluding hydrogens is 202 g/mol. The lowest BCUT2D eigenvalue weighted by Crippen LogP contribution is -2.35. The highest BCUT2D eigenvalue weighted by atomic mass is 16.5. The van der Waals surface area contributed by atoms with Gasteiger partial charge >= 0.3 is 0 Å². The van der Waals surface area contributed by atoms with Crippen molar-refractivity contribution in [3.05, 3.63) is 0 Å². The highest BCUT2D eigenvalue weighted by Gasteiger charge is 2.65. The molecule has 1 saturated carbocycles. The Hall–Kier alpha value is -0.570. The third-order valence-electron chi connectivity index (χ3n) is 3.96. The lowest BCUT2D eigenvalue weighted by molar-refractivity contribution is -0.130. The molecule has 0 radical (unpaired) electrons. The van der Waals surface area contributed by atoms with Gasteiger partial charge in [0, 0.05) is 6.04 Å². The van der Waals surface area contributed by atoms with Gasteiger partial charge in [0.2, 0.25) is 5.91 Å². The van der Waals surface area contributed by atoms with Crippen LogP contribution in [0.1, 0.15) is 48.5 Å². The molecule has 0 aromatic heterocycles. The lowest BCUT2D eigenvalue weighted by Gasteiger charge is -2.19. The smallest absolute Gasteiger partial charge is 0.246 e. The molecule has 0 bridgehead atoms. The summed E-state index contributed by atoms with van der Waals surface area (Å²) in [7, 11) is 0. The summed E-state index contributed by atoms with van der Waals surface area (Å²) in [6, 6.07) is 0.260. The Morgan fingerprint density at radius 1 is 1.19 bits per heavy atom. The molecule has 1 aliphatic carbocycles. The molecule has 0 aromatic rings.